The molecule has 1 aliphatic heterocycles. The predicted octanol–water partition coefficient (Wildman–Crippen LogP) is 3.38. The zero-order chi connectivity index (χ0) is 17.1. The van der Waals surface area contributed by atoms with E-state index in [-0.39, 0.29) is 23.3 Å². The van der Waals surface area contributed by atoms with Gasteiger partial charge in [-0.2, -0.15) is 0 Å². The summed E-state index contributed by atoms with van der Waals surface area (Å²) in [5.74, 6) is -0.601. The lowest BCUT2D eigenvalue weighted by atomic mass is 9.90. The second-order valence-electron chi connectivity index (χ2n) is 5.94. The van der Waals surface area contributed by atoms with Crippen molar-refractivity contribution in [2.45, 2.75) is 5.92 Å². The molecule has 0 aliphatic carbocycles. The number of carbonyl (C=O) groups is 1. The maximum Gasteiger partial charge on any atom is 0.256 e. The van der Waals surface area contributed by atoms with Gasteiger partial charge in [-0.25, -0.2) is 4.39 Å². The highest BCUT2D eigenvalue weighted by atomic mass is 35.5. The number of likely N-dealkylation sites (tertiary alicyclic amines) is 1. The molecule has 0 bridgehead atoms. The molecule has 4 nitrogen and oxygen atoms in total. The van der Waals surface area contributed by atoms with Crippen molar-refractivity contribution < 1.29 is 13.9 Å². The minimum Gasteiger partial charge on any atom is -0.384 e. The smallest absolute Gasteiger partial charge is 0.256 e. The van der Waals surface area contributed by atoms with Gasteiger partial charge in [0, 0.05) is 49.5 Å². The van der Waals surface area contributed by atoms with Gasteiger partial charge in [-0.3, -0.25) is 9.78 Å². The number of amides is 1. The fraction of sp³-hybridized carbons (Fsp3) is 0.333. The van der Waals surface area contributed by atoms with E-state index >= 15 is 0 Å². The molecule has 3 rings (SSSR count). The van der Waals surface area contributed by atoms with Gasteiger partial charge in [0.1, 0.15) is 5.82 Å². The standard InChI is InChI=1S/C18H18ClFN2O2/c1-24-11-13-9-22(10-16(13)12-4-6-21-7-5-12)18(23)15-8-14(19)2-3-17(15)20/h2-8,13,16H,9-11H2,1H3/t13-,16-/m0/s1. The third-order valence-electron chi connectivity index (χ3n) is 4.40. The third-order valence-corrected chi connectivity index (χ3v) is 4.64. The molecule has 1 amide bonds. The maximum absolute atomic E-state index is 14.0. The molecule has 0 radical (unpaired) electrons. The third kappa shape index (κ3) is 3.42. The van der Waals surface area contributed by atoms with E-state index in [1.54, 1.807) is 24.4 Å². The molecule has 1 aromatic heterocycles. The topological polar surface area (TPSA) is 42.4 Å². The number of carbonyl (C=O) groups excluding carboxylic acids is 1. The van der Waals surface area contributed by atoms with Gasteiger partial charge in [0.15, 0.2) is 0 Å². The molecule has 1 saturated heterocycles. The summed E-state index contributed by atoms with van der Waals surface area (Å²) >= 11 is 5.91. The molecule has 1 aliphatic rings. The largest absolute Gasteiger partial charge is 0.384 e. The van der Waals surface area contributed by atoms with E-state index in [4.69, 9.17) is 16.3 Å². The van der Waals surface area contributed by atoms with Crippen LogP contribution in [0.4, 0.5) is 4.39 Å². The summed E-state index contributed by atoms with van der Waals surface area (Å²) in [5, 5.41) is 0.345. The summed E-state index contributed by atoms with van der Waals surface area (Å²) in [5.41, 5.74) is 1.11. The van der Waals surface area contributed by atoms with Gasteiger partial charge in [-0.05, 0) is 35.9 Å². The first-order valence-electron chi connectivity index (χ1n) is 7.73. The van der Waals surface area contributed by atoms with Crippen molar-refractivity contribution in [1.29, 1.82) is 0 Å². The van der Waals surface area contributed by atoms with Gasteiger partial charge < -0.3 is 9.64 Å². The summed E-state index contributed by atoms with van der Waals surface area (Å²) in [6.45, 7) is 1.57. The number of benzene rings is 1. The zero-order valence-corrected chi connectivity index (χ0v) is 14.0. The second kappa shape index (κ2) is 7.28. The Bertz CT molecular complexity index is 726. The van der Waals surface area contributed by atoms with Crippen LogP contribution in [0.2, 0.25) is 5.02 Å². The average molecular weight is 349 g/mol. The Morgan fingerprint density at radius 1 is 1.33 bits per heavy atom. The van der Waals surface area contributed by atoms with Crippen LogP contribution in [-0.4, -0.2) is 42.6 Å². The van der Waals surface area contributed by atoms with Crippen LogP contribution < -0.4 is 0 Å². The van der Waals surface area contributed by atoms with E-state index in [0.29, 0.717) is 24.7 Å². The van der Waals surface area contributed by atoms with Crippen LogP contribution in [0.1, 0.15) is 21.8 Å². The van der Waals surface area contributed by atoms with Gasteiger partial charge in [-0.15, -0.1) is 0 Å². The van der Waals surface area contributed by atoms with Gasteiger partial charge >= 0.3 is 0 Å². The van der Waals surface area contributed by atoms with Crippen LogP contribution in [0.15, 0.2) is 42.7 Å². The van der Waals surface area contributed by atoms with Crippen molar-refractivity contribution in [3.63, 3.8) is 0 Å². The Balaban J connectivity index is 1.85. The van der Waals surface area contributed by atoms with Crippen LogP contribution in [-0.2, 0) is 4.74 Å². The molecule has 1 aromatic carbocycles. The first kappa shape index (κ1) is 16.9. The summed E-state index contributed by atoms with van der Waals surface area (Å²) in [7, 11) is 1.64. The van der Waals surface area contributed by atoms with Crippen molar-refractivity contribution in [1.82, 2.24) is 9.88 Å². The van der Waals surface area contributed by atoms with Gasteiger partial charge in [0.25, 0.3) is 5.91 Å². The highest BCUT2D eigenvalue weighted by Gasteiger charge is 2.37. The molecular formula is C18H18ClFN2O2. The first-order chi connectivity index (χ1) is 11.6. The highest BCUT2D eigenvalue weighted by Crippen LogP contribution is 2.33. The average Bonchev–Trinajstić information content (AvgIpc) is 3.01. The van der Waals surface area contributed by atoms with Crippen molar-refractivity contribution in [2.75, 3.05) is 26.8 Å². The van der Waals surface area contributed by atoms with Crippen LogP contribution >= 0.6 is 11.6 Å². The SMILES string of the molecule is COC[C@@H]1CN(C(=O)c2cc(Cl)ccc2F)C[C@H]1c1ccncc1. The monoisotopic (exact) mass is 348 g/mol. The Hall–Kier alpha value is -1.98. The Labute approximate surface area is 145 Å². The van der Waals surface area contributed by atoms with E-state index in [9.17, 15) is 9.18 Å². The van der Waals surface area contributed by atoms with Crippen molar-refractivity contribution >= 4 is 17.5 Å². The predicted molar refractivity (Wildman–Crippen MR) is 89.7 cm³/mol. The Morgan fingerprint density at radius 2 is 2.08 bits per heavy atom. The number of rotatable bonds is 4. The number of ether oxygens (including phenoxy) is 1. The van der Waals surface area contributed by atoms with Crippen molar-refractivity contribution in [2.24, 2.45) is 5.92 Å². The van der Waals surface area contributed by atoms with Gasteiger partial charge in [-0.1, -0.05) is 11.6 Å². The molecule has 0 saturated carbocycles. The lowest BCUT2D eigenvalue weighted by molar-refractivity contribution is 0.0771. The van der Waals surface area contributed by atoms with Crippen LogP contribution in [0, 0.1) is 11.7 Å². The molecule has 126 valence electrons. The number of aromatic nitrogens is 1. The molecule has 2 heterocycles. The Morgan fingerprint density at radius 3 is 2.79 bits per heavy atom. The maximum atomic E-state index is 14.0. The molecule has 0 spiro atoms. The number of hydrogen-bond acceptors (Lipinski definition) is 3. The number of halogens is 2. The molecule has 0 N–H and O–H groups in total. The normalized spacial score (nSPS) is 20.4. The van der Waals surface area contributed by atoms with Crippen molar-refractivity contribution in [3.8, 4) is 0 Å². The second-order valence-corrected chi connectivity index (χ2v) is 6.37. The Kier molecular flexibility index (Phi) is 5.11. The highest BCUT2D eigenvalue weighted by molar-refractivity contribution is 6.31. The lowest BCUT2D eigenvalue weighted by Crippen LogP contribution is -2.30. The van der Waals surface area contributed by atoms with Gasteiger partial charge in [0.05, 0.1) is 12.2 Å². The van der Waals surface area contributed by atoms with Crippen LogP contribution in [0.3, 0.4) is 0 Å². The van der Waals surface area contributed by atoms with Crippen LogP contribution in [0.25, 0.3) is 0 Å². The van der Waals surface area contributed by atoms with E-state index < -0.39 is 5.82 Å². The van der Waals surface area contributed by atoms with E-state index in [1.165, 1.54) is 18.2 Å². The quantitative estimate of drug-likeness (QED) is 0.850. The summed E-state index contributed by atoms with van der Waals surface area (Å²) in [6, 6.07) is 7.93. The van der Waals surface area contributed by atoms with Gasteiger partial charge in [0.2, 0.25) is 0 Å². The summed E-state index contributed by atoms with van der Waals surface area (Å²) in [6.07, 6.45) is 3.47. The van der Waals surface area contributed by atoms with Crippen molar-refractivity contribution in [3.05, 3.63) is 64.7 Å². The summed E-state index contributed by atoms with van der Waals surface area (Å²) < 4.78 is 19.3. The van der Waals surface area contributed by atoms with Crippen LogP contribution in [0.5, 0.6) is 0 Å². The lowest BCUT2D eigenvalue weighted by Gasteiger charge is -2.17. The molecule has 1 fully saturated rings. The molecule has 2 aromatic rings. The number of methoxy groups -OCH3 is 1. The summed E-state index contributed by atoms with van der Waals surface area (Å²) in [4.78, 5) is 18.4. The fourth-order valence-electron chi connectivity index (χ4n) is 3.24. The number of nitrogens with zero attached hydrogens (tertiary/aromatic N) is 2. The van der Waals surface area contributed by atoms with E-state index in [2.05, 4.69) is 4.98 Å². The molecule has 24 heavy (non-hydrogen) atoms. The minimum atomic E-state index is -0.556. The molecule has 0 unspecified atom stereocenters. The molecular weight excluding hydrogens is 331 g/mol. The zero-order valence-electron chi connectivity index (χ0n) is 13.3. The molecule has 2 atom stereocenters. The van der Waals surface area contributed by atoms with E-state index in [0.717, 1.165) is 5.56 Å². The fourth-order valence-corrected chi connectivity index (χ4v) is 3.41. The first-order valence-corrected chi connectivity index (χ1v) is 8.11. The molecule has 6 heteroatoms. The minimum absolute atomic E-state index is 0.00838. The van der Waals surface area contributed by atoms with E-state index in [1.807, 2.05) is 12.1 Å². The number of hydrogen-bond donors (Lipinski definition) is 0. The number of pyridine rings is 1.